The molecule has 39 heavy (non-hydrogen) atoms. The second-order valence-corrected chi connectivity index (χ2v) is 10.1. The van der Waals surface area contributed by atoms with Gasteiger partial charge in [-0.25, -0.2) is 9.59 Å². The summed E-state index contributed by atoms with van der Waals surface area (Å²) in [6.07, 6.45) is -0.534. The van der Waals surface area contributed by atoms with E-state index in [0.29, 0.717) is 23.7 Å². The fourth-order valence-corrected chi connectivity index (χ4v) is 4.23. The van der Waals surface area contributed by atoms with Gasteiger partial charge in [-0.2, -0.15) is 0 Å². The van der Waals surface area contributed by atoms with Crippen LogP contribution in [0, 0.1) is 5.92 Å². The molecule has 11 heteroatoms. The summed E-state index contributed by atoms with van der Waals surface area (Å²) in [6, 6.07) is 10.7. The van der Waals surface area contributed by atoms with Crippen LogP contribution in [0.2, 0.25) is 0 Å². The lowest BCUT2D eigenvalue weighted by molar-refractivity contribution is 0.0373. The van der Waals surface area contributed by atoms with Crippen molar-refractivity contribution < 1.29 is 29.0 Å². The van der Waals surface area contributed by atoms with Gasteiger partial charge < -0.3 is 40.3 Å². The maximum Gasteiger partial charge on any atom is 0.321 e. The van der Waals surface area contributed by atoms with E-state index in [1.54, 1.807) is 68.4 Å². The number of carbonyl (C=O) groups is 3. The van der Waals surface area contributed by atoms with Gasteiger partial charge in [-0.15, -0.1) is 0 Å². The van der Waals surface area contributed by atoms with Crippen molar-refractivity contribution in [1.82, 2.24) is 15.1 Å². The predicted molar refractivity (Wildman–Crippen MR) is 150 cm³/mol. The zero-order valence-corrected chi connectivity index (χ0v) is 23.4. The Hall–Kier alpha value is -3.99. The SMILES string of the molecule is COc1ccc(NC(=O)N(C)C[C@@H]2Oc3c(NC(=O)NC(C)C)cccc3C(=O)N([C@H](C)CO)C[C@@H]2C)cc1. The fraction of sp³-hybridized carbons (Fsp3) is 0.464. The van der Waals surface area contributed by atoms with Gasteiger partial charge in [0.25, 0.3) is 5.91 Å². The van der Waals surface area contributed by atoms with Gasteiger partial charge in [0.05, 0.1) is 37.6 Å². The van der Waals surface area contributed by atoms with Crippen molar-refractivity contribution in [3.8, 4) is 11.5 Å². The molecule has 0 saturated heterocycles. The molecule has 1 heterocycles. The molecule has 11 nitrogen and oxygen atoms in total. The molecule has 0 saturated carbocycles. The Bertz CT molecular complexity index is 1160. The standard InChI is InChI=1S/C28H39N5O6/c1-17(2)29-27(36)31-23-9-7-8-22-25(23)39-24(18(3)14-33(26(22)35)19(4)16-34)15-32(5)28(37)30-20-10-12-21(38-6)13-11-20/h7-13,17-19,24,34H,14-16H2,1-6H3,(H,30,37)(H2,29,31,36)/t18-,19+,24-/m0/s1. The molecule has 0 spiro atoms. The molecule has 0 bridgehead atoms. The first kappa shape index (κ1) is 29.6. The molecule has 5 amide bonds. The molecule has 0 radical (unpaired) electrons. The number of aliphatic hydroxyl groups excluding tert-OH is 1. The maximum atomic E-state index is 13.6. The highest BCUT2D eigenvalue weighted by atomic mass is 16.5. The Morgan fingerprint density at radius 3 is 2.46 bits per heavy atom. The number of urea groups is 2. The molecule has 3 atom stereocenters. The lowest BCUT2D eigenvalue weighted by Crippen LogP contribution is -2.50. The Balaban J connectivity index is 1.90. The van der Waals surface area contributed by atoms with Crippen LogP contribution in [0.1, 0.15) is 38.1 Å². The van der Waals surface area contributed by atoms with E-state index in [1.165, 1.54) is 4.90 Å². The van der Waals surface area contributed by atoms with Gasteiger partial charge in [-0.3, -0.25) is 4.79 Å². The maximum absolute atomic E-state index is 13.6. The Morgan fingerprint density at radius 1 is 1.15 bits per heavy atom. The van der Waals surface area contributed by atoms with Crippen molar-refractivity contribution in [2.75, 3.05) is 44.5 Å². The third kappa shape index (κ3) is 7.53. The fourth-order valence-electron chi connectivity index (χ4n) is 4.23. The number of benzene rings is 2. The number of likely N-dealkylation sites (N-methyl/N-ethyl adjacent to an activating group) is 1. The van der Waals surface area contributed by atoms with Crippen molar-refractivity contribution in [2.45, 2.75) is 45.9 Å². The minimum Gasteiger partial charge on any atom is -0.497 e. The Labute approximate surface area is 229 Å². The number of rotatable bonds is 8. The van der Waals surface area contributed by atoms with Crippen LogP contribution in [0.3, 0.4) is 0 Å². The molecule has 212 valence electrons. The van der Waals surface area contributed by atoms with Crippen LogP contribution in [0.15, 0.2) is 42.5 Å². The summed E-state index contributed by atoms with van der Waals surface area (Å²) in [7, 11) is 3.23. The van der Waals surface area contributed by atoms with Crippen LogP contribution < -0.4 is 25.4 Å². The number of fused-ring (bicyclic) bond motifs is 1. The van der Waals surface area contributed by atoms with E-state index < -0.39 is 18.2 Å². The summed E-state index contributed by atoms with van der Waals surface area (Å²) in [4.78, 5) is 42.2. The molecule has 0 fully saturated rings. The first-order valence-corrected chi connectivity index (χ1v) is 13.0. The van der Waals surface area contributed by atoms with Crippen LogP contribution in [0.5, 0.6) is 11.5 Å². The number of hydrogen-bond acceptors (Lipinski definition) is 6. The molecule has 0 unspecified atom stereocenters. The van der Waals surface area contributed by atoms with E-state index in [9.17, 15) is 19.5 Å². The molecule has 2 aromatic rings. The summed E-state index contributed by atoms with van der Waals surface area (Å²) in [5, 5.41) is 18.3. The first-order valence-electron chi connectivity index (χ1n) is 13.0. The van der Waals surface area contributed by atoms with Gasteiger partial charge in [0, 0.05) is 31.2 Å². The highest BCUT2D eigenvalue weighted by Gasteiger charge is 2.35. The largest absolute Gasteiger partial charge is 0.497 e. The molecule has 0 aromatic heterocycles. The molecular weight excluding hydrogens is 502 g/mol. The molecule has 3 rings (SSSR count). The van der Waals surface area contributed by atoms with E-state index in [2.05, 4.69) is 16.0 Å². The summed E-state index contributed by atoms with van der Waals surface area (Å²) >= 11 is 0. The van der Waals surface area contributed by atoms with Crippen LogP contribution in [-0.2, 0) is 0 Å². The smallest absolute Gasteiger partial charge is 0.321 e. The zero-order valence-electron chi connectivity index (χ0n) is 23.4. The summed E-state index contributed by atoms with van der Waals surface area (Å²) in [5.41, 5.74) is 1.21. The Morgan fingerprint density at radius 2 is 1.85 bits per heavy atom. The molecule has 1 aliphatic rings. The highest BCUT2D eigenvalue weighted by molar-refractivity contribution is 6.01. The number of aliphatic hydroxyl groups is 1. The number of amides is 5. The van der Waals surface area contributed by atoms with Crippen molar-refractivity contribution in [3.63, 3.8) is 0 Å². The first-order chi connectivity index (χ1) is 18.5. The minimum atomic E-state index is -0.534. The topological polar surface area (TPSA) is 132 Å². The van der Waals surface area contributed by atoms with Crippen molar-refractivity contribution in [1.29, 1.82) is 0 Å². The average molecular weight is 542 g/mol. The van der Waals surface area contributed by atoms with Gasteiger partial charge >= 0.3 is 12.1 Å². The van der Waals surface area contributed by atoms with E-state index in [0.717, 1.165) is 0 Å². The van der Waals surface area contributed by atoms with E-state index in [1.807, 2.05) is 20.8 Å². The minimum absolute atomic E-state index is 0.0930. The van der Waals surface area contributed by atoms with Crippen molar-refractivity contribution in [3.05, 3.63) is 48.0 Å². The van der Waals surface area contributed by atoms with Crippen LogP contribution in [-0.4, -0.2) is 84.9 Å². The monoisotopic (exact) mass is 541 g/mol. The normalized spacial score (nSPS) is 17.7. The summed E-state index contributed by atoms with van der Waals surface area (Å²) in [5.74, 6) is 0.372. The number of para-hydroxylation sites is 1. The van der Waals surface area contributed by atoms with E-state index in [-0.39, 0.29) is 48.4 Å². The third-order valence-electron chi connectivity index (χ3n) is 6.50. The molecular formula is C28H39N5O6. The van der Waals surface area contributed by atoms with E-state index in [4.69, 9.17) is 9.47 Å². The van der Waals surface area contributed by atoms with Crippen molar-refractivity contribution in [2.24, 2.45) is 5.92 Å². The highest BCUT2D eigenvalue weighted by Crippen LogP contribution is 2.35. The second-order valence-electron chi connectivity index (χ2n) is 10.1. The van der Waals surface area contributed by atoms with Crippen LogP contribution in [0.4, 0.5) is 21.0 Å². The van der Waals surface area contributed by atoms with Gasteiger partial charge in [0.2, 0.25) is 0 Å². The lowest BCUT2D eigenvalue weighted by Gasteiger charge is -2.38. The number of ether oxygens (including phenoxy) is 2. The number of hydrogen-bond donors (Lipinski definition) is 4. The summed E-state index contributed by atoms with van der Waals surface area (Å²) in [6.45, 7) is 7.68. The van der Waals surface area contributed by atoms with Crippen molar-refractivity contribution >= 4 is 29.3 Å². The molecule has 2 aromatic carbocycles. The Kier molecular flexibility index (Phi) is 10.00. The van der Waals surface area contributed by atoms with Gasteiger partial charge in [0.15, 0.2) is 5.75 Å². The lowest BCUT2D eigenvalue weighted by atomic mass is 9.99. The summed E-state index contributed by atoms with van der Waals surface area (Å²) < 4.78 is 11.6. The average Bonchev–Trinajstić information content (AvgIpc) is 2.90. The van der Waals surface area contributed by atoms with Gasteiger partial charge in [0.1, 0.15) is 11.9 Å². The van der Waals surface area contributed by atoms with Crippen LogP contribution in [0.25, 0.3) is 0 Å². The second kappa shape index (κ2) is 13.2. The zero-order chi connectivity index (χ0) is 28.7. The van der Waals surface area contributed by atoms with Gasteiger partial charge in [-0.05, 0) is 57.2 Å². The third-order valence-corrected chi connectivity index (χ3v) is 6.50. The van der Waals surface area contributed by atoms with Crippen LogP contribution >= 0.6 is 0 Å². The molecule has 1 aliphatic heterocycles. The molecule has 0 aliphatic carbocycles. The quantitative estimate of drug-likeness (QED) is 0.404. The van der Waals surface area contributed by atoms with Gasteiger partial charge in [-0.1, -0.05) is 13.0 Å². The number of anilines is 2. The number of nitrogens with one attached hydrogen (secondary N) is 3. The number of carbonyl (C=O) groups excluding carboxylic acids is 3. The number of methoxy groups -OCH3 is 1. The van der Waals surface area contributed by atoms with E-state index >= 15 is 0 Å². The number of nitrogens with zero attached hydrogens (tertiary/aromatic N) is 2. The predicted octanol–water partition coefficient (Wildman–Crippen LogP) is 3.61. The molecule has 4 N–H and O–H groups in total.